The molecule has 1 unspecified atom stereocenters. The average molecular weight is 274 g/mol. The summed E-state index contributed by atoms with van der Waals surface area (Å²) in [4.78, 5) is 9.79. The molecule has 0 aromatic carbocycles. The van der Waals surface area contributed by atoms with Crippen LogP contribution in [0.15, 0.2) is 0 Å². The minimum atomic E-state index is 0.393. The van der Waals surface area contributed by atoms with E-state index in [-0.39, 0.29) is 0 Å². The maximum Gasteiger partial charge on any atom is 0.131 e. The fraction of sp³-hybridized carbons (Fsp3) is 0.778. The molecule has 1 atom stereocenters. The second kappa shape index (κ2) is 5.46. The quantitative estimate of drug-likeness (QED) is 0.785. The van der Waals surface area contributed by atoms with Crippen molar-refractivity contribution in [1.29, 1.82) is 0 Å². The molecule has 1 aliphatic rings. The van der Waals surface area contributed by atoms with Crippen molar-refractivity contribution in [1.82, 2.24) is 9.97 Å². The molecule has 20 heavy (non-hydrogen) atoms. The van der Waals surface area contributed by atoms with E-state index in [2.05, 4.69) is 48.5 Å². The summed E-state index contributed by atoms with van der Waals surface area (Å²) < 4.78 is 0. The lowest BCUT2D eigenvalue weighted by atomic mass is 9.67. The molecule has 2 nitrogen and oxygen atoms in total. The molecule has 0 spiro atoms. The Morgan fingerprint density at radius 3 is 2.10 bits per heavy atom. The van der Waals surface area contributed by atoms with Gasteiger partial charge < -0.3 is 0 Å². The zero-order valence-electron chi connectivity index (χ0n) is 14.2. The molecule has 0 bridgehead atoms. The molecule has 1 aromatic rings. The molecular formula is C18H30N2. The Hall–Kier alpha value is -0.920. The third-order valence-electron chi connectivity index (χ3n) is 5.12. The van der Waals surface area contributed by atoms with Crippen LogP contribution in [0.1, 0.15) is 89.5 Å². The number of aromatic nitrogens is 2. The van der Waals surface area contributed by atoms with Crippen molar-refractivity contribution >= 4 is 0 Å². The molecule has 112 valence electrons. The van der Waals surface area contributed by atoms with Gasteiger partial charge in [-0.1, -0.05) is 48.5 Å². The van der Waals surface area contributed by atoms with Crippen molar-refractivity contribution in [3.05, 3.63) is 22.8 Å². The summed E-state index contributed by atoms with van der Waals surface area (Å²) in [5, 5.41) is 0. The summed E-state index contributed by atoms with van der Waals surface area (Å²) >= 11 is 0. The first kappa shape index (κ1) is 15.5. The first-order valence-corrected chi connectivity index (χ1v) is 8.14. The Balaban J connectivity index is 2.50. The van der Waals surface area contributed by atoms with E-state index >= 15 is 0 Å². The molecule has 0 fully saturated rings. The molecule has 2 rings (SSSR count). The number of hydrogen-bond acceptors (Lipinski definition) is 2. The Labute approximate surface area is 124 Å². The summed E-state index contributed by atoms with van der Waals surface area (Å²) in [7, 11) is 0. The van der Waals surface area contributed by atoms with E-state index in [0.29, 0.717) is 23.2 Å². The van der Waals surface area contributed by atoms with Crippen LogP contribution < -0.4 is 0 Å². The van der Waals surface area contributed by atoms with Gasteiger partial charge in [-0.25, -0.2) is 9.97 Å². The summed E-state index contributed by atoms with van der Waals surface area (Å²) in [6.45, 7) is 16.0. The lowest BCUT2D eigenvalue weighted by molar-refractivity contribution is 0.183. The van der Waals surface area contributed by atoms with Gasteiger partial charge in [0, 0.05) is 11.6 Å². The fourth-order valence-electron chi connectivity index (χ4n) is 3.10. The normalized spacial score (nSPS) is 22.7. The molecule has 0 aliphatic heterocycles. The van der Waals surface area contributed by atoms with Gasteiger partial charge in [0.15, 0.2) is 0 Å². The van der Waals surface area contributed by atoms with Gasteiger partial charge in [0.2, 0.25) is 0 Å². The largest absolute Gasteiger partial charge is 0.237 e. The van der Waals surface area contributed by atoms with Gasteiger partial charge in [0.1, 0.15) is 5.82 Å². The lowest BCUT2D eigenvalue weighted by Crippen LogP contribution is -2.33. The lowest BCUT2D eigenvalue weighted by Gasteiger charge is -2.39. The van der Waals surface area contributed by atoms with E-state index in [4.69, 9.17) is 9.97 Å². The highest BCUT2D eigenvalue weighted by Gasteiger charge is 2.35. The van der Waals surface area contributed by atoms with Gasteiger partial charge in [-0.05, 0) is 42.1 Å². The van der Waals surface area contributed by atoms with Crippen LogP contribution in [0, 0.1) is 11.3 Å². The van der Waals surface area contributed by atoms with Crippen LogP contribution in [0.3, 0.4) is 0 Å². The molecule has 2 heteroatoms. The van der Waals surface area contributed by atoms with Crippen LogP contribution in [0.2, 0.25) is 0 Å². The van der Waals surface area contributed by atoms with Crippen molar-refractivity contribution in [2.45, 2.75) is 79.6 Å². The molecule has 1 aliphatic carbocycles. The van der Waals surface area contributed by atoms with Crippen LogP contribution in [-0.4, -0.2) is 9.97 Å². The van der Waals surface area contributed by atoms with Crippen molar-refractivity contribution in [2.75, 3.05) is 0 Å². The fourth-order valence-corrected chi connectivity index (χ4v) is 3.10. The van der Waals surface area contributed by atoms with Gasteiger partial charge in [-0.15, -0.1) is 0 Å². The van der Waals surface area contributed by atoms with Gasteiger partial charge in [0.25, 0.3) is 0 Å². The van der Waals surface area contributed by atoms with Crippen molar-refractivity contribution in [2.24, 2.45) is 11.3 Å². The van der Waals surface area contributed by atoms with Gasteiger partial charge in [-0.2, -0.15) is 0 Å². The van der Waals surface area contributed by atoms with Crippen LogP contribution >= 0.6 is 0 Å². The molecular weight excluding hydrogens is 244 g/mol. The second-order valence-corrected chi connectivity index (χ2v) is 7.69. The van der Waals surface area contributed by atoms with Gasteiger partial charge >= 0.3 is 0 Å². The van der Waals surface area contributed by atoms with Gasteiger partial charge in [-0.3, -0.25) is 0 Å². The van der Waals surface area contributed by atoms with Crippen LogP contribution in [0.4, 0.5) is 0 Å². The zero-order valence-corrected chi connectivity index (χ0v) is 14.2. The molecule has 0 radical (unpaired) electrons. The number of rotatable bonds is 3. The number of fused-ring (bicyclic) bond motifs is 1. The average Bonchev–Trinajstić information content (AvgIpc) is 2.36. The van der Waals surface area contributed by atoms with E-state index in [1.165, 1.54) is 23.4 Å². The maximum absolute atomic E-state index is 4.92. The first-order chi connectivity index (χ1) is 9.24. The number of hydrogen-bond donors (Lipinski definition) is 0. The zero-order chi connectivity index (χ0) is 15.1. The van der Waals surface area contributed by atoms with E-state index < -0.39 is 0 Å². The molecule has 1 aromatic heterocycles. The van der Waals surface area contributed by atoms with E-state index in [1.54, 1.807) is 0 Å². The smallest absolute Gasteiger partial charge is 0.131 e. The monoisotopic (exact) mass is 274 g/mol. The Bertz CT molecular complexity index is 488. The van der Waals surface area contributed by atoms with Gasteiger partial charge in [0.05, 0.1) is 5.69 Å². The SMILES string of the molecule is CC(C)c1nc2c(c(C(C)C)n1)CCC(C)(C(C)C)C2. The second-order valence-electron chi connectivity index (χ2n) is 7.69. The highest BCUT2D eigenvalue weighted by molar-refractivity contribution is 5.32. The molecule has 0 saturated heterocycles. The van der Waals surface area contributed by atoms with Crippen LogP contribution in [0.5, 0.6) is 0 Å². The number of nitrogens with zero attached hydrogens (tertiary/aromatic N) is 2. The minimum Gasteiger partial charge on any atom is -0.237 e. The minimum absolute atomic E-state index is 0.393. The molecule has 0 N–H and O–H groups in total. The summed E-state index contributed by atoms with van der Waals surface area (Å²) in [6, 6.07) is 0. The van der Waals surface area contributed by atoms with E-state index in [0.717, 1.165) is 18.7 Å². The summed E-state index contributed by atoms with van der Waals surface area (Å²) in [6.07, 6.45) is 3.53. The Morgan fingerprint density at radius 2 is 1.60 bits per heavy atom. The van der Waals surface area contributed by atoms with E-state index in [9.17, 15) is 0 Å². The topological polar surface area (TPSA) is 25.8 Å². The first-order valence-electron chi connectivity index (χ1n) is 8.14. The highest BCUT2D eigenvalue weighted by Crippen LogP contribution is 2.42. The Kier molecular flexibility index (Phi) is 4.22. The third-order valence-corrected chi connectivity index (χ3v) is 5.12. The van der Waals surface area contributed by atoms with Crippen molar-refractivity contribution in [3.8, 4) is 0 Å². The van der Waals surface area contributed by atoms with E-state index in [1.807, 2.05) is 0 Å². The third kappa shape index (κ3) is 2.75. The predicted molar refractivity (Wildman–Crippen MR) is 85.2 cm³/mol. The standard InChI is InChI=1S/C18H30N2/c1-11(2)16-14-8-9-18(7,13(5)6)10-15(14)19-17(20-16)12(3)4/h11-13H,8-10H2,1-7H3. The predicted octanol–water partition coefficient (Wildman–Crippen LogP) is 4.87. The summed E-state index contributed by atoms with van der Waals surface area (Å²) in [5.41, 5.74) is 4.46. The van der Waals surface area contributed by atoms with Crippen molar-refractivity contribution in [3.63, 3.8) is 0 Å². The maximum atomic E-state index is 4.92. The molecule has 0 saturated carbocycles. The van der Waals surface area contributed by atoms with Crippen LogP contribution in [-0.2, 0) is 12.8 Å². The van der Waals surface area contributed by atoms with Crippen LogP contribution in [0.25, 0.3) is 0 Å². The van der Waals surface area contributed by atoms with Crippen molar-refractivity contribution < 1.29 is 0 Å². The highest BCUT2D eigenvalue weighted by atomic mass is 14.9. The Morgan fingerprint density at radius 1 is 0.950 bits per heavy atom. The molecule has 1 heterocycles. The summed E-state index contributed by atoms with van der Waals surface area (Å²) in [5.74, 6) is 2.63. The molecule has 0 amide bonds.